The Morgan fingerprint density at radius 3 is 2.44 bits per heavy atom. The van der Waals surface area contributed by atoms with E-state index in [9.17, 15) is 13.2 Å². The molecule has 3 heterocycles. The highest BCUT2D eigenvalue weighted by Crippen LogP contribution is 2.27. The highest BCUT2D eigenvalue weighted by molar-refractivity contribution is 7.89. The van der Waals surface area contributed by atoms with Crippen LogP contribution in [0.3, 0.4) is 0 Å². The van der Waals surface area contributed by atoms with E-state index in [2.05, 4.69) is 10.6 Å². The Kier molecular flexibility index (Phi) is 5.27. The second-order valence-corrected chi connectivity index (χ2v) is 10.2. The van der Waals surface area contributed by atoms with E-state index in [0.717, 1.165) is 37.7 Å². The Balaban J connectivity index is 1.52. The summed E-state index contributed by atoms with van der Waals surface area (Å²) in [6, 6.07) is 6.10. The lowest BCUT2D eigenvalue weighted by Gasteiger charge is -2.30. The summed E-state index contributed by atoms with van der Waals surface area (Å²) in [5.74, 6) is -0.158. The number of amides is 1. The SMILES string of the molecule is Cc1ccc(S(=O)(=O)N2CCCCC2)cc1C(=O)NC1CC2CCC(C1)N2. The third-order valence-corrected chi connectivity index (χ3v) is 8.11. The van der Waals surface area contributed by atoms with Gasteiger partial charge in [-0.3, -0.25) is 4.79 Å². The van der Waals surface area contributed by atoms with E-state index < -0.39 is 10.0 Å². The van der Waals surface area contributed by atoms with Crippen molar-refractivity contribution >= 4 is 15.9 Å². The van der Waals surface area contributed by atoms with Crippen LogP contribution in [-0.4, -0.2) is 49.8 Å². The van der Waals surface area contributed by atoms with Crippen LogP contribution in [0.15, 0.2) is 23.1 Å². The molecule has 0 aliphatic carbocycles. The lowest BCUT2D eigenvalue weighted by atomic mass is 9.99. The van der Waals surface area contributed by atoms with Crippen LogP contribution in [0.5, 0.6) is 0 Å². The molecule has 0 spiro atoms. The number of hydrogen-bond donors (Lipinski definition) is 2. The minimum absolute atomic E-state index is 0.158. The van der Waals surface area contributed by atoms with Gasteiger partial charge in [0.05, 0.1) is 4.90 Å². The molecule has 1 amide bonds. The zero-order chi connectivity index (χ0) is 19.0. The Hall–Kier alpha value is -1.44. The summed E-state index contributed by atoms with van der Waals surface area (Å²) in [4.78, 5) is 13.1. The number of carbonyl (C=O) groups excluding carboxylic acids is 1. The van der Waals surface area contributed by atoms with E-state index in [0.29, 0.717) is 30.7 Å². The largest absolute Gasteiger partial charge is 0.349 e. The molecule has 3 aliphatic rings. The summed E-state index contributed by atoms with van der Waals surface area (Å²) in [7, 11) is -3.53. The summed E-state index contributed by atoms with van der Waals surface area (Å²) in [6.07, 6.45) is 7.14. The van der Waals surface area contributed by atoms with E-state index >= 15 is 0 Å². The number of aryl methyl sites for hydroxylation is 1. The maximum absolute atomic E-state index is 12.9. The second-order valence-electron chi connectivity index (χ2n) is 8.22. The van der Waals surface area contributed by atoms with Crippen molar-refractivity contribution in [3.63, 3.8) is 0 Å². The fourth-order valence-electron chi connectivity index (χ4n) is 4.70. The smallest absolute Gasteiger partial charge is 0.251 e. The standard InChI is InChI=1S/C20H29N3O3S/c1-14-5-8-18(27(25,26)23-9-3-2-4-10-23)13-19(14)20(24)22-17-11-15-6-7-16(12-17)21-15/h5,8,13,15-17,21H,2-4,6-7,9-12H2,1H3,(H,22,24). The third-order valence-electron chi connectivity index (χ3n) is 6.21. The number of piperidine rings is 2. The number of sulfonamides is 1. The molecule has 7 heteroatoms. The Morgan fingerprint density at radius 2 is 1.78 bits per heavy atom. The summed E-state index contributed by atoms with van der Waals surface area (Å²) in [5.41, 5.74) is 1.28. The van der Waals surface area contributed by atoms with Gasteiger partial charge in [0.15, 0.2) is 0 Å². The van der Waals surface area contributed by atoms with Crippen LogP contribution in [0.4, 0.5) is 0 Å². The minimum atomic E-state index is -3.53. The molecule has 3 fully saturated rings. The van der Waals surface area contributed by atoms with Crippen molar-refractivity contribution in [2.45, 2.75) is 74.9 Å². The molecule has 2 unspecified atom stereocenters. The maximum atomic E-state index is 12.9. The van der Waals surface area contributed by atoms with Gasteiger partial charge in [0.25, 0.3) is 5.91 Å². The molecule has 0 radical (unpaired) electrons. The van der Waals surface area contributed by atoms with Crippen molar-refractivity contribution < 1.29 is 13.2 Å². The summed E-state index contributed by atoms with van der Waals surface area (Å²) in [6.45, 7) is 2.99. The summed E-state index contributed by atoms with van der Waals surface area (Å²) < 4.78 is 27.4. The molecule has 2 atom stereocenters. The van der Waals surface area contributed by atoms with Crippen molar-refractivity contribution in [2.75, 3.05) is 13.1 Å². The van der Waals surface area contributed by atoms with Gasteiger partial charge in [-0.15, -0.1) is 0 Å². The number of benzene rings is 1. The van der Waals surface area contributed by atoms with Crippen molar-refractivity contribution in [2.24, 2.45) is 0 Å². The summed E-state index contributed by atoms with van der Waals surface area (Å²) >= 11 is 0. The first-order valence-corrected chi connectivity index (χ1v) is 11.6. The molecule has 27 heavy (non-hydrogen) atoms. The van der Waals surface area contributed by atoms with E-state index in [1.807, 2.05) is 6.92 Å². The average Bonchev–Trinajstić information content (AvgIpc) is 3.01. The minimum Gasteiger partial charge on any atom is -0.349 e. The predicted octanol–water partition coefficient (Wildman–Crippen LogP) is 2.18. The molecule has 0 aromatic heterocycles. The van der Waals surface area contributed by atoms with Gasteiger partial charge in [0.2, 0.25) is 10.0 Å². The first kappa shape index (κ1) is 18.9. The molecule has 3 aliphatic heterocycles. The van der Waals surface area contributed by atoms with Gasteiger partial charge in [-0.1, -0.05) is 12.5 Å². The molecule has 3 saturated heterocycles. The molecule has 0 saturated carbocycles. The molecule has 148 valence electrons. The highest BCUT2D eigenvalue weighted by atomic mass is 32.2. The highest BCUT2D eigenvalue weighted by Gasteiger charge is 2.34. The number of nitrogens with zero attached hydrogens (tertiary/aromatic N) is 1. The molecule has 4 rings (SSSR count). The lowest BCUT2D eigenvalue weighted by Crippen LogP contribution is -2.48. The maximum Gasteiger partial charge on any atom is 0.251 e. The van der Waals surface area contributed by atoms with E-state index in [1.54, 1.807) is 22.5 Å². The van der Waals surface area contributed by atoms with E-state index in [4.69, 9.17) is 0 Å². The molecule has 1 aromatic rings. The number of nitrogens with one attached hydrogen (secondary N) is 2. The molecular formula is C20H29N3O3S. The van der Waals surface area contributed by atoms with Crippen molar-refractivity contribution in [1.82, 2.24) is 14.9 Å². The van der Waals surface area contributed by atoms with Gasteiger partial charge in [-0.05, 0) is 63.1 Å². The summed E-state index contributed by atoms with van der Waals surface area (Å²) in [5, 5.41) is 6.72. The van der Waals surface area contributed by atoms with Gasteiger partial charge >= 0.3 is 0 Å². The van der Waals surface area contributed by atoms with Gasteiger partial charge in [-0.25, -0.2) is 8.42 Å². The van der Waals surface area contributed by atoms with Crippen LogP contribution in [0.2, 0.25) is 0 Å². The molecule has 1 aromatic carbocycles. The van der Waals surface area contributed by atoms with Crippen molar-refractivity contribution in [3.8, 4) is 0 Å². The first-order chi connectivity index (χ1) is 12.9. The van der Waals surface area contributed by atoms with Crippen LogP contribution < -0.4 is 10.6 Å². The van der Waals surface area contributed by atoms with Gasteiger partial charge < -0.3 is 10.6 Å². The average molecular weight is 392 g/mol. The van der Waals surface area contributed by atoms with Crippen LogP contribution in [0, 0.1) is 6.92 Å². The number of rotatable bonds is 4. The van der Waals surface area contributed by atoms with Crippen molar-refractivity contribution in [1.29, 1.82) is 0 Å². The zero-order valence-corrected chi connectivity index (χ0v) is 16.7. The van der Waals surface area contributed by atoms with E-state index in [-0.39, 0.29) is 16.8 Å². The van der Waals surface area contributed by atoms with Gasteiger partial charge in [0, 0.05) is 36.8 Å². The van der Waals surface area contributed by atoms with E-state index in [1.165, 1.54) is 12.8 Å². The monoisotopic (exact) mass is 391 g/mol. The normalized spacial score (nSPS) is 28.9. The Morgan fingerprint density at radius 1 is 1.11 bits per heavy atom. The third kappa shape index (κ3) is 3.91. The quantitative estimate of drug-likeness (QED) is 0.825. The van der Waals surface area contributed by atoms with Crippen LogP contribution in [-0.2, 0) is 10.0 Å². The van der Waals surface area contributed by atoms with Crippen molar-refractivity contribution in [3.05, 3.63) is 29.3 Å². The van der Waals surface area contributed by atoms with Gasteiger partial charge in [0.1, 0.15) is 0 Å². The Bertz CT molecular complexity index is 806. The molecule has 6 nitrogen and oxygen atoms in total. The zero-order valence-electron chi connectivity index (χ0n) is 15.9. The number of carbonyl (C=O) groups is 1. The van der Waals surface area contributed by atoms with Crippen LogP contribution in [0.25, 0.3) is 0 Å². The number of hydrogen-bond acceptors (Lipinski definition) is 4. The lowest BCUT2D eigenvalue weighted by molar-refractivity contribution is 0.0923. The second kappa shape index (κ2) is 7.53. The molecule has 2 bridgehead atoms. The topological polar surface area (TPSA) is 78.5 Å². The van der Waals surface area contributed by atoms with Crippen LogP contribution >= 0.6 is 0 Å². The molecule has 2 N–H and O–H groups in total. The van der Waals surface area contributed by atoms with Crippen LogP contribution in [0.1, 0.15) is 60.9 Å². The fraction of sp³-hybridized carbons (Fsp3) is 0.650. The fourth-order valence-corrected chi connectivity index (χ4v) is 6.24. The van der Waals surface area contributed by atoms with Gasteiger partial charge in [-0.2, -0.15) is 4.31 Å². The molecular weight excluding hydrogens is 362 g/mol. The first-order valence-electron chi connectivity index (χ1n) is 10.1. The predicted molar refractivity (Wildman–Crippen MR) is 104 cm³/mol. The number of fused-ring (bicyclic) bond motifs is 2. The Labute approximate surface area is 161 Å².